The minimum absolute atomic E-state index is 0.000562. The maximum atomic E-state index is 12.9. The van der Waals surface area contributed by atoms with Crippen molar-refractivity contribution in [1.29, 1.82) is 0 Å². The number of fused-ring (bicyclic) bond motifs is 2. The second-order valence-corrected chi connectivity index (χ2v) is 9.84. The molecule has 0 radical (unpaired) electrons. The fraction of sp³-hybridized carbons (Fsp3) is 0.407. The fourth-order valence-corrected chi connectivity index (χ4v) is 5.05. The number of hydrogen-bond donors (Lipinski definition) is 2. The molecule has 1 saturated heterocycles. The van der Waals surface area contributed by atoms with E-state index in [1.54, 1.807) is 24.3 Å². The van der Waals surface area contributed by atoms with E-state index in [1.807, 2.05) is 18.2 Å². The van der Waals surface area contributed by atoms with Crippen LogP contribution in [0.4, 0.5) is 5.69 Å². The van der Waals surface area contributed by atoms with Crippen LogP contribution >= 0.6 is 0 Å². The summed E-state index contributed by atoms with van der Waals surface area (Å²) in [7, 11) is 1.77. The van der Waals surface area contributed by atoms with E-state index >= 15 is 0 Å². The van der Waals surface area contributed by atoms with Crippen LogP contribution in [-0.2, 0) is 11.2 Å². The summed E-state index contributed by atoms with van der Waals surface area (Å²) in [6.45, 7) is 5.73. The molecule has 1 unspecified atom stereocenters. The standard InChI is InChI=1S/C27H32N6O2/c1-18-14-21-22(15-19(18)2)31-24(30-21)7-8-25(34)32(3)16-27(35)10-5-13-33(17-27)23-9-12-28-20-6-4-11-29-26(20)23/h4,6,9,11-12,14-15,35H,5,7-8,10,13,16-17H2,1-3H3,(H,30,31). The van der Waals surface area contributed by atoms with Gasteiger partial charge in [-0.25, -0.2) is 4.98 Å². The third-order valence-corrected chi connectivity index (χ3v) is 7.05. The Bertz CT molecular complexity index is 1340. The summed E-state index contributed by atoms with van der Waals surface area (Å²) in [6, 6.07) is 9.94. The van der Waals surface area contributed by atoms with Crippen molar-refractivity contribution in [3.05, 3.63) is 59.7 Å². The summed E-state index contributed by atoms with van der Waals surface area (Å²) in [5.41, 5.74) is 6.00. The number of carbonyl (C=O) groups is 1. The minimum atomic E-state index is -0.985. The molecule has 1 aliphatic heterocycles. The number of nitrogens with one attached hydrogen (secondary N) is 1. The lowest BCUT2D eigenvalue weighted by atomic mass is 9.91. The average molecular weight is 473 g/mol. The molecule has 8 nitrogen and oxygen atoms in total. The maximum absolute atomic E-state index is 12.9. The lowest BCUT2D eigenvalue weighted by Crippen LogP contribution is -2.54. The second kappa shape index (κ2) is 9.26. The van der Waals surface area contributed by atoms with Gasteiger partial charge in [-0.15, -0.1) is 0 Å². The molecule has 1 atom stereocenters. The van der Waals surface area contributed by atoms with Crippen LogP contribution in [0.3, 0.4) is 0 Å². The molecule has 0 aliphatic carbocycles. The molecule has 4 aromatic rings. The Labute approximate surface area is 205 Å². The SMILES string of the molecule is Cc1cc2nc(CCC(=O)N(C)CC3(O)CCCN(c4ccnc5cccnc45)C3)[nH]c2cc1C. The molecule has 3 aromatic heterocycles. The Morgan fingerprint density at radius 1 is 1.17 bits per heavy atom. The summed E-state index contributed by atoms with van der Waals surface area (Å²) >= 11 is 0. The van der Waals surface area contributed by atoms with E-state index in [9.17, 15) is 9.90 Å². The van der Waals surface area contributed by atoms with Crippen molar-refractivity contribution >= 4 is 33.7 Å². The Balaban J connectivity index is 1.23. The normalized spacial score (nSPS) is 18.3. The molecule has 0 saturated carbocycles. The van der Waals surface area contributed by atoms with Crippen LogP contribution in [-0.4, -0.2) is 68.1 Å². The summed E-state index contributed by atoms with van der Waals surface area (Å²) < 4.78 is 0. The first-order valence-corrected chi connectivity index (χ1v) is 12.2. The zero-order chi connectivity index (χ0) is 24.6. The van der Waals surface area contributed by atoms with Gasteiger partial charge in [0.2, 0.25) is 5.91 Å². The van der Waals surface area contributed by atoms with Gasteiger partial charge < -0.3 is 19.9 Å². The molecular weight excluding hydrogens is 440 g/mol. The zero-order valence-corrected chi connectivity index (χ0v) is 20.6. The molecule has 182 valence electrons. The number of pyridine rings is 2. The molecule has 1 amide bonds. The monoisotopic (exact) mass is 472 g/mol. The number of amides is 1. The van der Waals surface area contributed by atoms with Crippen molar-refractivity contribution in [3.63, 3.8) is 0 Å². The molecule has 2 N–H and O–H groups in total. The van der Waals surface area contributed by atoms with Crippen LogP contribution in [0.1, 0.15) is 36.2 Å². The largest absolute Gasteiger partial charge is 0.386 e. The van der Waals surface area contributed by atoms with Gasteiger partial charge in [-0.1, -0.05) is 0 Å². The molecular formula is C27H32N6O2. The number of piperidine rings is 1. The number of nitrogens with zero attached hydrogens (tertiary/aromatic N) is 5. The number of aliphatic hydroxyl groups is 1. The number of aromatic nitrogens is 4. The van der Waals surface area contributed by atoms with Crippen LogP contribution in [0.5, 0.6) is 0 Å². The third-order valence-electron chi connectivity index (χ3n) is 7.05. The number of benzene rings is 1. The number of β-amino-alcohol motifs (C(OH)–C–C–N with tert-alkyl or cyclic N) is 1. The number of carbonyl (C=O) groups excluding carboxylic acids is 1. The Morgan fingerprint density at radius 2 is 2.00 bits per heavy atom. The highest BCUT2D eigenvalue weighted by Gasteiger charge is 2.36. The Morgan fingerprint density at radius 3 is 2.86 bits per heavy atom. The summed E-state index contributed by atoms with van der Waals surface area (Å²) in [5, 5.41) is 11.4. The number of H-pyrrole nitrogens is 1. The van der Waals surface area contributed by atoms with Gasteiger partial charge in [0.05, 0.1) is 34.4 Å². The smallest absolute Gasteiger partial charge is 0.222 e. The van der Waals surface area contributed by atoms with E-state index in [0.717, 1.165) is 46.5 Å². The van der Waals surface area contributed by atoms with Crippen LogP contribution < -0.4 is 4.90 Å². The topological polar surface area (TPSA) is 98.2 Å². The van der Waals surface area contributed by atoms with Gasteiger partial charge in [0.15, 0.2) is 0 Å². The first kappa shape index (κ1) is 23.2. The molecule has 1 fully saturated rings. The van der Waals surface area contributed by atoms with E-state index in [1.165, 1.54) is 11.1 Å². The van der Waals surface area contributed by atoms with E-state index in [2.05, 4.69) is 50.8 Å². The van der Waals surface area contributed by atoms with Gasteiger partial charge in [0.1, 0.15) is 11.3 Å². The number of aryl methyl sites for hydroxylation is 3. The van der Waals surface area contributed by atoms with Crippen molar-refractivity contribution in [1.82, 2.24) is 24.8 Å². The lowest BCUT2D eigenvalue weighted by Gasteiger charge is -2.42. The second-order valence-electron chi connectivity index (χ2n) is 9.84. The average Bonchev–Trinajstić information content (AvgIpc) is 3.23. The first-order valence-electron chi connectivity index (χ1n) is 12.2. The van der Waals surface area contributed by atoms with Gasteiger partial charge in [0.25, 0.3) is 0 Å². The summed E-state index contributed by atoms with van der Waals surface area (Å²) in [5.74, 6) is 0.811. The van der Waals surface area contributed by atoms with Crippen LogP contribution in [0, 0.1) is 13.8 Å². The quantitative estimate of drug-likeness (QED) is 0.445. The van der Waals surface area contributed by atoms with Gasteiger partial charge in [0, 0.05) is 45.4 Å². The predicted octanol–water partition coefficient (Wildman–Crippen LogP) is 3.55. The number of rotatable bonds is 6. The molecule has 5 rings (SSSR count). The van der Waals surface area contributed by atoms with Gasteiger partial charge in [-0.3, -0.25) is 14.8 Å². The van der Waals surface area contributed by atoms with Gasteiger partial charge in [-0.05, 0) is 68.1 Å². The highest BCUT2D eigenvalue weighted by Crippen LogP contribution is 2.30. The Kier molecular flexibility index (Phi) is 6.15. The van der Waals surface area contributed by atoms with Gasteiger partial charge >= 0.3 is 0 Å². The maximum Gasteiger partial charge on any atom is 0.222 e. The van der Waals surface area contributed by atoms with Crippen molar-refractivity contribution in [2.45, 2.75) is 45.1 Å². The summed E-state index contributed by atoms with van der Waals surface area (Å²) in [4.78, 5) is 33.6. The number of imidazole rings is 1. The van der Waals surface area contributed by atoms with Crippen LogP contribution in [0.2, 0.25) is 0 Å². The first-order chi connectivity index (χ1) is 16.8. The van der Waals surface area contributed by atoms with E-state index in [4.69, 9.17) is 0 Å². The fourth-order valence-electron chi connectivity index (χ4n) is 5.05. The predicted molar refractivity (Wildman–Crippen MR) is 137 cm³/mol. The van der Waals surface area contributed by atoms with E-state index < -0.39 is 5.60 Å². The molecule has 1 aromatic carbocycles. The minimum Gasteiger partial charge on any atom is -0.386 e. The molecule has 1 aliphatic rings. The highest BCUT2D eigenvalue weighted by molar-refractivity contribution is 5.87. The van der Waals surface area contributed by atoms with Crippen molar-refractivity contribution in [2.24, 2.45) is 0 Å². The number of likely N-dealkylation sites (N-methyl/N-ethyl adjacent to an activating group) is 1. The highest BCUT2D eigenvalue weighted by atomic mass is 16.3. The summed E-state index contributed by atoms with van der Waals surface area (Å²) in [6.07, 6.45) is 5.92. The van der Waals surface area contributed by atoms with E-state index in [0.29, 0.717) is 25.8 Å². The van der Waals surface area contributed by atoms with Crippen LogP contribution in [0.25, 0.3) is 22.1 Å². The van der Waals surface area contributed by atoms with Crippen LogP contribution in [0.15, 0.2) is 42.7 Å². The molecule has 0 spiro atoms. The number of anilines is 1. The van der Waals surface area contributed by atoms with Crippen molar-refractivity contribution in [3.8, 4) is 0 Å². The zero-order valence-electron chi connectivity index (χ0n) is 20.6. The lowest BCUT2D eigenvalue weighted by molar-refractivity contribution is -0.133. The number of hydrogen-bond acceptors (Lipinski definition) is 6. The molecule has 4 heterocycles. The third kappa shape index (κ3) is 4.84. The van der Waals surface area contributed by atoms with Crippen molar-refractivity contribution in [2.75, 3.05) is 31.6 Å². The van der Waals surface area contributed by atoms with Gasteiger partial charge in [-0.2, -0.15) is 0 Å². The number of aromatic amines is 1. The molecule has 8 heteroatoms. The molecule has 0 bridgehead atoms. The molecule has 35 heavy (non-hydrogen) atoms. The van der Waals surface area contributed by atoms with Crippen molar-refractivity contribution < 1.29 is 9.90 Å². The Hall–Kier alpha value is -3.52. The van der Waals surface area contributed by atoms with E-state index in [-0.39, 0.29) is 12.5 Å².